The lowest BCUT2D eigenvalue weighted by molar-refractivity contribution is -0.136. The predicted octanol–water partition coefficient (Wildman–Crippen LogP) is 6.55. The summed E-state index contributed by atoms with van der Waals surface area (Å²) in [6.45, 7) is 4.47. The van der Waals surface area contributed by atoms with Crippen molar-refractivity contribution in [2.24, 2.45) is 0 Å². The van der Waals surface area contributed by atoms with Crippen LogP contribution < -0.4 is 10.3 Å². The summed E-state index contributed by atoms with van der Waals surface area (Å²) in [5.41, 5.74) is 3.51. The van der Waals surface area contributed by atoms with Gasteiger partial charge in [-0.3, -0.25) is 14.2 Å². The minimum absolute atomic E-state index is 0.113. The molecule has 0 N–H and O–H groups in total. The van der Waals surface area contributed by atoms with E-state index >= 15 is 0 Å². The lowest BCUT2D eigenvalue weighted by atomic mass is 10.1. The van der Waals surface area contributed by atoms with Crippen LogP contribution in [0.5, 0.6) is 5.75 Å². The highest BCUT2D eigenvalue weighted by Gasteiger charge is 2.29. The molecule has 6 heteroatoms. The number of amides is 1. The Balaban J connectivity index is 1.59. The second-order valence-corrected chi connectivity index (χ2v) is 10.00. The molecule has 0 radical (unpaired) electrons. The number of carbonyl (C=O) groups is 1. The zero-order chi connectivity index (χ0) is 28.6. The molecule has 1 aromatic heterocycles. The van der Waals surface area contributed by atoms with E-state index in [9.17, 15) is 9.59 Å². The summed E-state index contributed by atoms with van der Waals surface area (Å²) in [5.74, 6) is 1.02. The predicted molar refractivity (Wildman–Crippen MR) is 164 cm³/mol. The normalized spacial score (nSPS) is 11.8. The number of aryl methyl sites for hydroxylation is 1. The van der Waals surface area contributed by atoms with Crippen molar-refractivity contribution < 1.29 is 9.53 Å². The molecule has 0 fully saturated rings. The van der Waals surface area contributed by atoms with Crippen LogP contribution in [0.1, 0.15) is 43.3 Å². The SMILES string of the molecule is CCc1ccc(-n2c(C(CC)N(CCc3ccccc3)C(=O)COc3ccccc3)nc3ccccc3c2=O)cc1. The second-order valence-electron chi connectivity index (χ2n) is 10.00. The Morgan fingerprint density at radius 3 is 2.17 bits per heavy atom. The third-order valence-corrected chi connectivity index (χ3v) is 7.38. The van der Waals surface area contributed by atoms with E-state index in [2.05, 4.69) is 19.1 Å². The lowest BCUT2D eigenvalue weighted by Gasteiger charge is -2.32. The largest absolute Gasteiger partial charge is 0.484 e. The van der Waals surface area contributed by atoms with Crippen LogP contribution in [0.2, 0.25) is 0 Å². The molecule has 41 heavy (non-hydrogen) atoms. The number of benzene rings is 4. The highest BCUT2D eigenvalue weighted by molar-refractivity contribution is 5.79. The van der Waals surface area contributed by atoms with Crippen molar-refractivity contribution in [3.8, 4) is 11.4 Å². The minimum Gasteiger partial charge on any atom is -0.484 e. The number of fused-ring (bicyclic) bond motifs is 1. The van der Waals surface area contributed by atoms with Crippen LogP contribution in [-0.4, -0.2) is 33.5 Å². The first-order chi connectivity index (χ1) is 20.1. The maximum Gasteiger partial charge on any atom is 0.266 e. The number of para-hydroxylation sites is 2. The first kappa shape index (κ1) is 27.8. The molecule has 0 aliphatic heterocycles. The zero-order valence-corrected chi connectivity index (χ0v) is 23.6. The molecule has 5 aromatic rings. The minimum atomic E-state index is -0.450. The van der Waals surface area contributed by atoms with Gasteiger partial charge in [0.05, 0.1) is 22.6 Å². The Morgan fingerprint density at radius 1 is 0.829 bits per heavy atom. The average molecular weight is 546 g/mol. The summed E-state index contributed by atoms with van der Waals surface area (Å²) >= 11 is 0. The highest BCUT2D eigenvalue weighted by atomic mass is 16.5. The average Bonchev–Trinajstić information content (AvgIpc) is 3.03. The molecule has 6 nitrogen and oxygen atoms in total. The maximum atomic E-state index is 14.0. The van der Waals surface area contributed by atoms with Crippen molar-refractivity contribution in [2.45, 2.75) is 39.2 Å². The molecular weight excluding hydrogens is 510 g/mol. The number of aromatic nitrogens is 2. The first-order valence-corrected chi connectivity index (χ1v) is 14.2. The molecule has 208 valence electrons. The summed E-state index contributed by atoms with van der Waals surface area (Å²) in [6, 6.07) is 34.4. The van der Waals surface area contributed by atoms with Gasteiger partial charge >= 0.3 is 0 Å². The molecule has 0 saturated carbocycles. The second kappa shape index (κ2) is 13.1. The maximum absolute atomic E-state index is 14.0. The van der Waals surface area contributed by atoms with Gasteiger partial charge in [0.15, 0.2) is 6.61 Å². The summed E-state index contributed by atoms with van der Waals surface area (Å²) < 4.78 is 7.56. The van der Waals surface area contributed by atoms with Crippen LogP contribution in [0.25, 0.3) is 16.6 Å². The van der Waals surface area contributed by atoms with Crippen LogP contribution in [0.15, 0.2) is 114 Å². The van der Waals surface area contributed by atoms with Crippen molar-refractivity contribution in [3.63, 3.8) is 0 Å². The molecule has 0 aliphatic carbocycles. The van der Waals surface area contributed by atoms with Crippen LogP contribution in [-0.2, 0) is 17.6 Å². The van der Waals surface area contributed by atoms with E-state index in [1.807, 2.05) is 103 Å². The molecule has 1 unspecified atom stereocenters. The first-order valence-electron chi connectivity index (χ1n) is 14.2. The smallest absolute Gasteiger partial charge is 0.266 e. The van der Waals surface area contributed by atoms with E-state index in [1.54, 1.807) is 10.6 Å². The Bertz CT molecular complexity index is 1650. The molecular formula is C35H35N3O3. The van der Waals surface area contributed by atoms with Gasteiger partial charge in [0.25, 0.3) is 11.5 Å². The number of carbonyl (C=O) groups excluding carboxylic acids is 1. The van der Waals surface area contributed by atoms with Crippen molar-refractivity contribution >= 4 is 16.8 Å². The van der Waals surface area contributed by atoms with Crippen molar-refractivity contribution in [1.29, 1.82) is 0 Å². The van der Waals surface area contributed by atoms with Gasteiger partial charge in [-0.15, -0.1) is 0 Å². The Labute approximate surface area is 240 Å². The number of rotatable bonds is 11. The topological polar surface area (TPSA) is 64.4 Å². The number of hydrogen-bond acceptors (Lipinski definition) is 4. The summed E-state index contributed by atoms with van der Waals surface area (Å²) in [6.07, 6.45) is 2.14. The fourth-order valence-corrected chi connectivity index (χ4v) is 5.14. The molecule has 4 aromatic carbocycles. The zero-order valence-electron chi connectivity index (χ0n) is 23.6. The summed E-state index contributed by atoms with van der Waals surface area (Å²) in [5, 5.41) is 0.542. The lowest BCUT2D eigenvalue weighted by Crippen LogP contribution is -2.42. The number of ether oxygens (including phenoxy) is 1. The van der Waals surface area contributed by atoms with Gasteiger partial charge < -0.3 is 9.64 Å². The molecule has 1 heterocycles. The van der Waals surface area contributed by atoms with E-state index < -0.39 is 6.04 Å². The fourth-order valence-electron chi connectivity index (χ4n) is 5.14. The fraction of sp³-hybridized carbons (Fsp3) is 0.229. The molecule has 0 aliphatic rings. The molecule has 1 atom stereocenters. The monoisotopic (exact) mass is 545 g/mol. The van der Waals surface area contributed by atoms with E-state index in [1.165, 1.54) is 5.56 Å². The standard InChI is InChI=1S/C35H35N3O3/c1-3-26-19-21-28(22-20-26)38-34(36-31-18-12-11-17-30(31)35(38)40)32(4-2)37(24-23-27-13-7-5-8-14-27)33(39)25-41-29-15-9-6-10-16-29/h5-22,32H,3-4,23-25H2,1-2H3. The number of hydrogen-bond donors (Lipinski definition) is 0. The number of nitrogens with zero attached hydrogens (tertiary/aromatic N) is 3. The van der Waals surface area contributed by atoms with Gasteiger partial charge in [-0.05, 0) is 66.8 Å². The van der Waals surface area contributed by atoms with E-state index in [-0.39, 0.29) is 18.1 Å². The summed E-state index contributed by atoms with van der Waals surface area (Å²) in [7, 11) is 0. The van der Waals surface area contributed by atoms with Gasteiger partial charge in [0.1, 0.15) is 11.6 Å². The van der Waals surface area contributed by atoms with Crippen LogP contribution in [0.4, 0.5) is 0 Å². The van der Waals surface area contributed by atoms with Gasteiger partial charge in [-0.1, -0.05) is 86.6 Å². The van der Waals surface area contributed by atoms with Gasteiger partial charge in [-0.25, -0.2) is 4.98 Å². The quantitative estimate of drug-likeness (QED) is 0.189. The van der Waals surface area contributed by atoms with Gasteiger partial charge in [0.2, 0.25) is 0 Å². The van der Waals surface area contributed by atoms with E-state index in [0.29, 0.717) is 41.9 Å². The van der Waals surface area contributed by atoms with Gasteiger partial charge in [-0.2, -0.15) is 0 Å². The molecule has 5 rings (SSSR count). The van der Waals surface area contributed by atoms with Crippen molar-refractivity contribution in [1.82, 2.24) is 14.5 Å². The molecule has 0 bridgehead atoms. The Kier molecular flexibility index (Phi) is 8.89. The van der Waals surface area contributed by atoms with Gasteiger partial charge in [0, 0.05) is 6.54 Å². The van der Waals surface area contributed by atoms with Crippen molar-refractivity contribution in [3.05, 3.63) is 136 Å². The third-order valence-electron chi connectivity index (χ3n) is 7.38. The third kappa shape index (κ3) is 6.38. The molecule has 0 saturated heterocycles. The molecule has 0 spiro atoms. The highest BCUT2D eigenvalue weighted by Crippen LogP contribution is 2.27. The van der Waals surface area contributed by atoms with E-state index in [4.69, 9.17) is 9.72 Å². The van der Waals surface area contributed by atoms with Crippen LogP contribution in [0, 0.1) is 0 Å². The Hall–Kier alpha value is -4.71. The summed E-state index contributed by atoms with van der Waals surface area (Å²) in [4.78, 5) is 34.7. The van der Waals surface area contributed by atoms with Crippen molar-refractivity contribution in [2.75, 3.05) is 13.2 Å². The van der Waals surface area contributed by atoms with E-state index in [0.717, 1.165) is 17.7 Å². The van der Waals surface area contributed by atoms with Crippen LogP contribution >= 0.6 is 0 Å². The Morgan fingerprint density at radius 2 is 1.49 bits per heavy atom. The van der Waals surface area contributed by atoms with Crippen LogP contribution in [0.3, 0.4) is 0 Å². The molecule has 1 amide bonds.